The standard InChI is InChI=1S/C14H13BrCl2N2/c15-12-4-2-1-3-11(12)14(19-18)7-9-5-6-10(16)8-13(9)17/h1-6,8,14,19H,7,18H2. The summed E-state index contributed by atoms with van der Waals surface area (Å²) in [7, 11) is 0. The lowest BCUT2D eigenvalue weighted by Gasteiger charge is -2.18. The molecule has 0 spiro atoms. The maximum atomic E-state index is 6.19. The summed E-state index contributed by atoms with van der Waals surface area (Å²) in [5.74, 6) is 5.66. The summed E-state index contributed by atoms with van der Waals surface area (Å²) in [5.41, 5.74) is 4.93. The van der Waals surface area contributed by atoms with Crippen molar-refractivity contribution in [2.45, 2.75) is 12.5 Å². The molecule has 5 heteroatoms. The second-order valence-electron chi connectivity index (χ2n) is 4.18. The maximum Gasteiger partial charge on any atom is 0.0511 e. The minimum atomic E-state index is -0.0192. The SMILES string of the molecule is NNC(Cc1ccc(Cl)cc1Cl)c1ccccc1Br. The van der Waals surface area contributed by atoms with Gasteiger partial charge in [-0.15, -0.1) is 0 Å². The van der Waals surface area contributed by atoms with Gasteiger partial charge in [0.15, 0.2) is 0 Å². The molecule has 0 aromatic heterocycles. The molecule has 2 aromatic carbocycles. The first-order valence-electron chi connectivity index (χ1n) is 5.76. The molecule has 2 nitrogen and oxygen atoms in total. The van der Waals surface area contributed by atoms with Gasteiger partial charge in [0.25, 0.3) is 0 Å². The van der Waals surface area contributed by atoms with Gasteiger partial charge >= 0.3 is 0 Å². The highest BCUT2D eigenvalue weighted by Crippen LogP contribution is 2.29. The number of nitrogens with one attached hydrogen (secondary N) is 1. The number of hydrogen-bond acceptors (Lipinski definition) is 2. The summed E-state index contributed by atoms with van der Waals surface area (Å²) in [6, 6.07) is 13.4. The van der Waals surface area contributed by atoms with Gasteiger partial charge in [-0.3, -0.25) is 11.3 Å². The maximum absolute atomic E-state index is 6.19. The van der Waals surface area contributed by atoms with Crippen LogP contribution in [0.25, 0.3) is 0 Å². The summed E-state index contributed by atoms with van der Waals surface area (Å²) in [4.78, 5) is 0. The zero-order valence-corrected chi connectivity index (χ0v) is 13.1. The molecule has 1 unspecified atom stereocenters. The summed E-state index contributed by atoms with van der Waals surface area (Å²) < 4.78 is 1.02. The fourth-order valence-corrected chi connectivity index (χ4v) is 2.97. The summed E-state index contributed by atoms with van der Waals surface area (Å²) in [6.45, 7) is 0. The molecule has 0 bridgehead atoms. The van der Waals surface area contributed by atoms with Gasteiger partial charge in [-0.05, 0) is 35.7 Å². The van der Waals surface area contributed by atoms with Gasteiger partial charge in [-0.2, -0.15) is 0 Å². The first kappa shape index (κ1) is 14.8. The Labute approximate surface area is 131 Å². The monoisotopic (exact) mass is 358 g/mol. The number of rotatable bonds is 4. The average molecular weight is 360 g/mol. The van der Waals surface area contributed by atoms with Crippen LogP contribution in [0, 0.1) is 0 Å². The number of hydrazine groups is 1. The first-order valence-corrected chi connectivity index (χ1v) is 7.31. The summed E-state index contributed by atoms with van der Waals surface area (Å²) >= 11 is 15.6. The zero-order chi connectivity index (χ0) is 13.8. The third kappa shape index (κ3) is 3.71. The van der Waals surface area contributed by atoms with Crippen molar-refractivity contribution in [1.29, 1.82) is 0 Å². The van der Waals surface area contributed by atoms with E-state index < -0.39 is 0 Å². The summed E-state index contributed by atoms with van der Waals surface area (Å²) in [6.07, 6.45) is 0.690. The van der Waals surface area contributed by atoms with Gasteiger partial charge < -0.3 is 0 Å². The van der Waals surface area contributed by atoms with Crippen molar-refractivity contribution in [3.05, 3.63) is 68.1 Å². The predicted molar refractivity (Wildman–Crippen MR) is 84.4 cm³/mol. The van der Waals surface area contributed by atoms with E-state index >= 15 is 0 Å². The molecule has 19 heavy (non-hydrogen) atoms. The van der Waals surface area contributed by atoms with Crippen LogP contribution < -0.4 is 11.3 Å². The molecule has 0 aliphatic carbocycles. The highest BCUT2D eigenvalue weighted by Gasteiger charge is 2.15. The van der Waals surface area contributed by atoms with E-state index in [1.165, 1.54) is 0 Å². The van der Waals surface area contributed by atoms with Crippen LogP contribution in [-0.2, 0) is 6.42 Å². The van der Waals surface area contributed by atoms with Crippen molar-refractivity contribution in [2.24, 2.45) is 5.84 Å². The molecular formula is C14H13BrCl2N2. The molecular weight excluding hydrogens is 347 g/mol. The van der Waals surface area contributed by atoms with Gasteiger partial charge in [-0.25, -0.2) is 0 Å². The van der Waals surface area contributed by atoms with Crippen LogP contribution in [0.4, 0.5) is 0 Å². The molecule has 0 aliphatic rings. The first-order chi connectivity index (χ1) is 9.11. The topological polar surface area (TPSA) is 38.0 Å². The van der Waals surface area contributed by atoms with Crippen molar-refractivity contribution < 1.29 is 0 Å². The largest absolute Gasteiger partial charge is 0.271 e. The second-order valence-corrected chi connectivity index (χ2v) is 5.88. The second kappa shape index (κ2) is 6.73. The van der Waals surface area contributed by atoms with Gasteiger partial charge in [0.2, 0.25) is 0 Å². The van der Waals surface area contributed by atoms with Gasteiger partial charge in [-0.1, -0.05) is 63.4 Å². The molecule has 0 saturated carbocycles. The van der Waals surface area contributed by atoms with Crippen LogP contribution in [-0.4, -0.2) is 0 Å². The minimum absolute atomic E-state index is 0.0192. The van der Waals surface area contributed by atoms with Gasteiger partial charge in [0.1, 0.15) is 0 Å². The van der Waals surface area contributed by atoms with Crippen LogP contribution in [0.5, 0.6) is 0 Å². The normalized spacial score (nSPS) is 12.4. The average Bonchev–Trinajstić information content (AvgIpc) is 2.39. The molecule has 2 rings (SSSR count). The number of halogens is 3. The molecule has 0 fully saturated rings. The number of hydrogen-bond donors (Lipinski definition) is 2. The van der Waals surface area contributed by atoms with Crippen LogP contribution in [0.1, 0.15) is 17.2 Å². The Bertz CT molecular complexity index is 575. The lowest BCUT2D eigenvalue weighted by molar-refractivity contribution is 0.550. The van der Waals surface area contributed by atoms with E-state index in [2.05, 4.69) is 21.4 Å². The predicted octanol–water partition coefficient (Wildman–Crippen LogP) is 4.50. The fraction of sp³-hybridized carbons (Fsp3) is 0.143. The van der Waals surface area contributed by atoms with Crippen molar-refractivity contribution in [1.82, 2.24) is 5.43 Å². The van der Waals surface area contributed by atoms with E-state index in [1.807, 2.05) is 36.4 Å². The smallest absolute Gasteiger partial charge is 0.0511 e. The van der Waals surface area contributed by atoms with E-state index in [1.54, 1.807) is 6.07 Å². The van der Waals surface area contributed by atoms with E-state index in [4.69, 9.17) is 29.0 Å². The van der Waals surface area contributed by atoms with Crippen molar-refractivity contribution in [3.8, 4) is 0 Å². The third-order valence-corrected chi connectivity index (χ3v) is 4.23. The summed E-state index contributed by atoms with van der Waals surface area (Å²) in [5, 5.41) is 1.28. The van der Waals surface area contributed by atoms with Crippen LogP contribution >= 0.6 is 39.1 Å². The highest BCUT2D eigenvalue weighted by molar-refractivity contribution is 9.10. The van der Waals surface area contributed by atoms with E-state index in [-0.39, 0.29) is 6.04 Å². The third-order valence-electron chi connectivity index (χ3n) is 2.92. The molecule has 0 heterocycles. The quantitative estimate of drug-likeness (QED) is 0.622. The van der Waals surface area contributed by atoms with Crippen molar-refractivity contribution in [2.75, 3.05) is 0 Å². The fourth-order valence-electron chi connectivity index (χ4n) is 1.92. The van der Waals surface area contributed by atoms with E-state index in [0.717, 1.165) is 15.6 Å². The van der Waals surface area contributed by atoms with Crippen LogP contribution in [0.3, 0.4) is 0 Å². The van der Waals surface area contributed by atoms with Gasteiger partial charge in [0, 0.05) is 14.5 Å². The Balaban J connectivity index is 2.27. The van der Waals surface area contributed by atoms with Crippen molar-refractivity contribution >= 4 is 39.1 Å². The van der Waals surface area contributed by atoms with Gasteiger partial charge in [0.05, 0.1) is 6.04 Å². The van der Waals surface area contributed by atoms with Crippen LogP contribution in [0.15, 0.2) is 46.9 Å². The Morgan fingerprint density at radius 2 is 1.89 bits per heavy atom. The molecule has 3 N–H and O–H groups in total. The van der Waals surface area contributed by atoms with Crippen LogP contribution in [0.2, 0.25) is 10.0 Å². The molecule has 0 radical (unpaired) electrons. The zero-order valence-electron chi connectivity index (χ0n) is 10.0. The Morgan fingerprint density at radius 1 is 1.16 bits per heavy atom. The number of benzene rings is 2. The number of nitrogens with two attached hydrogens (primary N) is 1. The van der Waals surface area contributed by atoms with E-state index in [0.29, 0.717) is 16.5 Å². The lowest BCUT2D eigenvalue weighted by Crippen LogP contribution is -2.29. The molecule has 0 saturated heterocycles. The van der Waals surface area contributed by atoms with E-state index in [9.17, 15) is 0 Å². The minimum Gasteiger partial charge on any atom is -0.271 e. The Kier molecular flexibility index (Phi) is 5.25. The molecule has 2 aromatic rings. The Morgan fingerprint density at radius 3 is 2.53 bits per heavy atom. The molecule has 0 amide bonds. The molecule has 100 valence electrons. The molecule has 1 atom stereocenters. The lowest BCUT2D eigenvalue weighted by atomic mass is 9.99. The van der Waals surface area contributed by atoms with Crippen molar-refractivity contribution in [3.63, 3.8) is 0 Å². The highest BCUT2D eigenvalue weighted by atomic mass is 79.9. The molecule has 0 aliphatic heterocycles. The Hall–Kier alpha value is -0.580.